The Morgan fingerprint density at radius 3 is 2.84 bits per heavy atom. The maximum absolute atomic E-state index is 11.9. The molecule has 0 N–H and O–H groups in total. The highest BCUT2D eigenvalue weighted by molar-refractivity contribution is 7.93. The second-order valence-electron chi connectivity index (χ2n) is 4.14. The number of hydrogen-bond acceptors (Lipinski definition) is 6. The molecule has 0 amide bonds. The summed E-state index contributed by atoms with van der Waals surface area (Å²) in [6.07, 6.45) is -0.136. The summed E-state index contributed by atoms with van der Waals surface area (Å²) in [6.45, 7) is 0. The first-order chi connectivity index (χ1) is 9.08. The fourth-order valence-corrected chi connectivity index (χ4v) is 5.56. The summed E-state index contributed by atoms with van der Waals surface area (Å²) in [5, 5.41) is 3.53. The lowest BCUT2D eigenvalue weighted by molar-refractivity contribution is 0.0285. The van der Waals surface area contributed by atoms with Gasteiger partial charge in [-0.05, 0) is 22.9 Å². The number of rotatable bonds is 2. The molecule has 0 fully saturated rings. The Bertz CT molecular complexity index is 697. The number of sulfone groups is 1. The van der Waals surface area contributed by atoms with Gasteiger partial charge in [0.2, 0.25) is 0 Å². The number of ether oxygens (including phenoxy) is 1. The van der Waals surface area contributed by atoms with Gasteiger partial charge in [0, 0.05) is 12.0 Å². The average Bonchev–Trinajstić information content (AvgIpc) is 3.02. The van der Waals surface area contributed by atoms with Crippen LogP contribution in [0.2, 0.25) is 0 Å². The van der Waals surface area contributed by atoms with Crippen molar-refractivity contribution in [2.75, 3.05) is 5.75 Å². The Kier molecular flexibility index (Phi) is 3.20. The Labute approximate surface area is 118 Å². The highest BCUT2D eigenvalue weighted by Crippen LogP contribution is 2.38. The maximum atomic E-state index is 11.9. The average molecular weight is 314 g/mol. The van der Waals surface area contributed by atoms with Crippen LogP contribution in [0.3, 0.4) is 0 Å². The summed E-state index contributed by atoms with van der Waals surface area (Å²) < 4.78 is 29.5. The quantitative estimate of drug-likeness (QED) is 0.800. The van der Waals surface area contributed by atoms with Gasteiger partial charge in [0.15, 0.2) is 9.84 Å². The van der Waals surface area contributed by atoms with Crippen LogP contribution in [0.4, 0.5) is 0 Å². The molecule has 0 aromatic carbocycles. The first-order valence-electron chi connectivity index (χ1n) is 5.62. The van der Waals surface area contributed by atoms with Crippen LogP contribution in [-0.2, 0) is 14.6 Å². The minimum absolute atomic E-state index is 0.0307. The SMILES string of the molecule is O=C(OC1CCS(=O)(=O)c2sccc21)c1cccs1. The number of esters is 1. The number of fused-ring (bicyclic) bond motifs is 1. The van der Waals surface area contributed by atoms with E-state index in [1.54, 1.807) is 29.0 Å². The van der Waals surface area contributed by atoms with Gasteiger partial charge in [-0.1, -0.05) is 6.07 Å². The molecular formula is C12H10O4S3. The van der Waals surface area contributed by atoms with Gasteiger partial charge >= 0.3 is 5.97 Å². The molecule has 1 aliphatic heterocycles. The molecule has 3 rings (SSSR count). The molecule has 1 unspecified atom stereocenters. The maximum Gasteiger partial charge on any atom is 0.348 e. The summed E-state index contributed by atoms with van der Waals surface area (Å²) in [4.78, 5) is 12.4. The first-order valence-corrected chi connectivity index (χ1v) is 9.04. The van der Waals surface area contributed by atoms with Crippen LogP contribution in [0.25, 0.3) is 0 Å². The zero-order valence-corrected chi connectivity index (χ0v) is 12.2. The van der Waals surface area contributed by atoms with E-state index < -0.39 is 21.9 Å². The molecule has 0 saturated carbocycles. The van der Waals surface area contributed by atoms with Crippen molar-refractivity contribution in [1.29, 1.82) is 0 Å². The van der Waals surface area contributed by atoms with E-state index in [2.05, 4.69) is 0 Å². The molecule has 0 spiro atoms. The van der Waals surface area contributed by atoms with E-state index in [9.17, 15) is 13.2 Å². The second kappa shape index (κ2) is 4.73. The minimum Gasteiger partial charge on any atom is -0.453 e. The van der Waals surface area contributed by atoms with Gasteiger partial charge < -0.3 is 4.74 Å². The van der Waals surface area contributed by atoms with Gasteiger partial charge in [0.05, 0.1) is 5.75 Å². The summed E-state index contributed by atoms with van der Waals surface area (Å²) in [6, 6.07) is 5.20. The lowest BCUT2D eigenvalue weighted by Crippen LogP contribution is -2.21. The third-order valence-electron chi connectivity index (χ3n) is 2.91. The Hall–Kier alpha value is -1.18. The molecule has 7 heteroatoms. The zero-order chi connectivity index (χ0) is 13.5. The first kappa shape index (κ1) is 12.8. The zero-order valence-electron chi connectivity index (χ0n) is 9.74. The fraction of sp³-hybridized carbons (Fsp3) is 0.250. The molecule has 2 aromatic rings. The molecule has 0 saturated heterocycles. The van der Waals surface area contributed by atoms with Gasteiger partial charge in [-0.3, -0.25) is 0 Å². The van der Waals surface area contributed by atoms with Crippen LogP contribution in [0.5, 0.6) is 0 Å². The van der Waals surface area contributed by atoms with Gasteiger partial charge in [-0.15, -0.1) is 22.7 Å². The highest BCUT2D eigenvalue weighted by atomic mass is 32.2. The molecular weight excluding hydrogens is 304 g/mol. The lowest BCUT2D eigenvalue weighted by atomic mass is 10.1. The van der Waals surface area contributed by atoms with Crippen molar-refractivity contribution in [3.05, 3.63) is 39.4 Å². The highest BCUT2D eigenvalue weighted by Gasteiger charge is 2.33. The molecule has 4 nitrogen and oxygen atoms in total. The standard InChI is InChI=1S/C12H10O4S3/c13-11(10-2-1-5-17-10)16-9-4-7-19(14,15)12-8(9)3-6-18-12/h1-3,5-6,9H,4,7H2. The van der Waals surface area contributed by atoms with Crippen LogP contribution >= 0.6 is 22.7 Å². The van der Waals surface area contributed by atoms with Crippen LogP contribution in [0, 0.1) is 0 Å². The Morgan fingerprint density at radius 1 is 1.26 bits per heavy atom. The number of thiophene rings is 2. The topological polar surface area (TPSA) is 60.4 Å². The van der Waals surface area contributed by atoms with Crippen molar-refractivity contribution < 1.29 is 17.9 Å². The largest absolute Gasteiger partial charge is 0.453 e. The molecule has 3 heterocycles. The summed E-state index contributed by atoms with van der Waals surface area (Å²) in [7, 11) is -3.19. The van der Waals surface area contributed by atoms with Crippen LogP contribution in [0.1, 0.15) is 27.8 Å². The van der Waals surface area contributed by atoms with Crippen LogP contribution in [-0.4, -0.2) is 20.1 Å². The van der Waals surface area contributed by atoms with Gasteiger partial charge in [0.1, 0.15) is 15.2 Å². The number of hydrogen-bond donors (Lipinski definition) is 0. The third kappa shape index (κ3) is 2.33. The molecule has 0 radical (unpaired) electrons. The summed E-state index contributed by atoms with van der Waals surface area (Å²) >= 11 is 2.50. The molecule has 19 heavy (non-hydrogen) atoms. The van der Waals surface area contributed by atoms with Crippen molar-refractivity contribution in [3.63, 3.8) is 0 Å². The predicted octanol–water partition coefficient (Wildman–Crippen LogP) is 2.89. The Morgan fingerprint density at radius 2 is 2.11 bits per heavy atom. The summed E-state index contributed by atoms with van der Waals surface area (Å²) in [5.74, 6) is -0.362. The Balaban J connectivity index is 1.87. The van der Waals surface area contributed by atoms with E-state index in [-0.39, 0.29) is 5.75 Å². The van der Waals surface area contributed by atoms with Gasteiger partial charge in [-0.2, -0.15) is 0 Å². The monoisotopic (exact) mass is 314 g/mol. The lowest BCUT2D eigenvalue weighted by Gasteiger charge is -2.22. The predicted molar refractivity (Wildman–Crippen MR) is 73.5 cm³/mol. The van der Waals surface area contributed by atoms with Crippen molar-refractivity contribution >= 4 is 38.5 Å². The van der Waals surface area contributed by atoms with E-state index in [1.165, 1.54) is 22.7 Å². The number of carbonyl (C=O) groups is 1. The van der Waals surface area contributed by atoms with E-state index in [0.29, 0.717) is 21.1 Å². The smallest absolute Gasteiger partial charge is 0.348 e. The van der Waals surface area contributed by atoms with Crippen molar-refractivity contribution in [1.82, 2.24) is 0 Å². The van der Waals surface area contributed by atoms with Gasteiger partial charge in [0.25, 0.3) is 0 Å². The molecule has 2 aromatic heterocycles. The van der Waals surface area contributed by atoms with Crippen molar-refractivity contribution in [3.8, 4) is 0 Å². The van der Waals surface area contributed by atoms with E-state index in [1.807, 2.05) is 0 Å². The van der Waals surface area contributed by atoms with Crippen molar-refractivity contribution in [2.24, 2.45) is 0 Å². The molecule has 100 valence electrons. The molecule has 1 aliphatic rings. The minimum atomic E-state index is -3.19. The van der Waals surface area contributed by atoms with Crippen LogP contribution < -0.4 is 0 Å². The fourth-order valence-electron chi connectivity index (χ4n) is 2.01. The van der Waals surface area contributed by atoms with E-state index >= 15 is 0 Å². The summed E-state index contributed by atoms with van der Waals surface area (Å²) in [5.41, 5.74) is 0.612. The second-order valence-corrected chi connectivity index (χ2v) is 8.31. The van der Waals surface area contributed by atoms with E-state index in [0.717, 1.165) is 0 Å². The normalized spacial score (nSPS) is 20.7. The number of carbonyl (C=O) groups excluding carboxylic acids is 1. The van der Waals surface area contributed by atoms with Gasteiger partial charge in [-0.25, -0.2) is 13.2 Å². The van der Waals surface area contributed by atoms with Crippen LogP contribution in [0.15, 0.2) is 33.2 Å². The molecule has 0 aliphatic carbocycles. The molecule has 0 bridgehead atoms. The third-order valence-corrected chi connectivity index (χ3v) is 7.10. The van der Waals surface area contributed by atoms with Crippen molar-refractivity contribution in [2.45, 2.75) is 16.7 Å². The molecule has 1 atom stereocenters. The van der Waals surface area contributed by atoms with E-state index in [4.69, 9.17) is 4.74 Å².